The summed E-state index contributed by atoms with van der Waals surface area (Å²) in [5.74, 6) is 1.03. The van der Waals surface area contributed by atoms with Crippen molar-refractivity contribution in [3.05, 3.63) is 48.0 Å². The number of hydrogen-bond acceptors (Lipinski definition) is 3. The molecule has 106 valence electrons. The zero-order valence-electron chi connectivity index (χ0n) is 11.8. The molecule has 2 aromatic rings. The molecule has 0 saturated carbocycles. The summed E-state index contributed by atoms with van der Waals surface area (Å²) in [6.45, 7) is 4.54. The summed E-state index contributed by atoms with van der Waals surface area (Å²) < 4.78 is 0. The highest BCUT2D eigenvalue weighted by molar-refractivity contribution is 8.07. The number of benzene rings is 2. The van der Waals surface area contributed by atoms with E-state index in [9.17, 15) is 5.11 Å². The minimum Gasteiger partial charge on any atom is -0.387 e. The van der Waals surface area contributed by atoms with Gasteiger partial charge in [0.15, 0.2) is 0 Å². The number of thioether (sulfide) groups is 2. The molecular weight excluding hydrogens is 284 g/mol. The highest BCUT2D eigenvalue weighted by atomic mass is 32.2. The monoisotopic (exact) mass is 304 g/mol. The van der Waals surface area contributed by atoms with Gasteiger partial charge in [-0.2, -0.15) is 23.5 Å². The van der Waals surface area contributed by atoms with Crippen LogP contribution in [0.2, 0.25) is 0 Å². The molecule has 3 heteroatoms. The van der Waals surface area contributed by atoms with E-state index in [1.165, 1.54) is 10.8 Å². The quantitative estimate of drug-likeness (QED) is 0.882. The average molecular weight is 304 g/mol. The minimum absolute atomic E-state index is 0.298. The average Bonchev–Trinajstić information content (AvgIpc) is 2.49. The van der Waals surface area contributed by atoms with E-state index in [0.717, 1.165) is 11.3 Å². The molecule has 0 aliphatic carbocycles. The second-order valence-electron chi connectivity index (χ2n) is 5.47. The van der Waals surface area contributed by atoms with Gasteiger partial charge in [-0.25, -0.2) is 0 Å². The van der Waals surface area contributed by atoms with Gasteiger partial charge in [-0.05, 0) is 22.4 Å². The molecule has 1 heterocycles. The molecule has 0 aromatic heterocycles. The van der Waals surface area contributed by atoms with Gasteiger partial charge in [0.2, 0.25) is 0 Å². The third-order valence-electron chi connectivity index (χ3n) is 4.04. The van der Waals surface area contributed by atoms with E-state index in [1.54, 1.807) is 0 Å². The summed E-state index contributed by atoms with van der Waals surface area (Å²) in [5.41, 5.74) is 1.04. The Balaban J connectivity index is 1.83. The molecule has 1 aliphatic rings. The molecular formula is C17H20OS2. The Kier molecular flexibility index (Phi) is 4.29. The summed E-state index contributed by atoms with van der Waals surface area (Å²) >= 11 is 3.91. The van der Waals surface area contributed by atoms with Crippen LogP contribution in [0.3, 0.4) is 0 Å². The van der Waals surface area contributed by atoms with Crippen molar-refractivity contribution in [2.45, 2.75) is 35.7 Å². The molecule has 1 fully saturated rings. The van der Waals surface area contributed by atoms with Crippen molar-refractivity contribution in [3.63, 3.8) is 0 Å². The first kappa shape index (κ1) is 14.3. The van der Waals surface area contributed by atoms with E-state index in [0.29, 0.717) is 15.7 Å². The van der Waals surface area contributed by atoms with Gasteiger partial charge in [-0.15, -0.1) is 0 Å². The molecule has 0 spiro atoms. The summed E-state index contributed by atoms with van der Waals surface area (Å²) in [5, 5.41) is 14.7. The summed E-state index contributed by atoms with van der Waals surface area (Å²) in [4.78, 5) is 0. The Morgan fingerprint density at radius 2 is 1.80 bits per heavy atom. The topological polar surface area (TPSA) is 20.2 Å². The van der Waals surface area contributed by atoms with Crippen molar-refractivity contribution in [3.8, 4) is 0 Å². The lowest BCUT2D eigenvalue weighted by molar-refractivity contribution is 0.180. The van der Waals surface area contributed by atoms with Crippen LogP contribution in [-0.2, 0) is 0 Å². The fraction of sp³-hybridized carbons (Fsp3) is 0.412. The van der Waals surface area contributed by atoms with Gasteiger partial charge in [0.25, 0.3) is 0 Å². The molecule has 3 rings (SSSR count). The van der Waals surface area contributed by atoms with Gasteiger partial charge in [-0.3, -0.25) is 0 Å². The third-order valence-corrected chi connectivity index (χ3v) is 7.52. The molecule has 0 amide bonds. The summed E-state index contributed by atoms with van der Waals surface area (Å²) in [7, 11) is 0. The molecule has 1 aliphatic heterocycles. The molecule has 1 N–H and O–H groups in total. The normalized spacial score (nSPS) is 28.4. The molecule has 1 nitrogen and oxygen atoms in total. The summed E-state index contributed by atoms with van der Waals surface area (Å²) in [6.07, 6.45) is -0.368. The maximum atomic E-state index is 10.7. The second-order valence-corrected chi connectivity index (χ2v) is 8.50. The predicted molar refractivity (Wildman–Crippen MR) is 91.7 cm³/mol. The third kappa shape index (κ3) is 2.85. The maximum absolute atomic E-state index is 10.7. The Labute approximate surface area is 129 Å². The largest absolute Gasteiger partial charge is 0.387 e. The zero-order chi connectivity index (χ0) is 14.1. The van der Waals surface area contributed by atoms with Crippen LogP contribution < -0.4 is 0 Å². The van der Waals surface area contributed by atoms with Crippen molar-refractivity contribution < 1.29 is 5.11 Å². The van der Waals surface area contributed by atoms with Crippen molar-refractivity contribution in [1.82, 2.24) is 0 Å². The number of hydrogen-bond donors (Lipinski definition) is 1. The first-order valence-corrected chi connectivity index (χ1v) is 9.08. The molecule has 0 radical (unpaired) electrons. The van der Waals surface area contributed by atoms with E-state index in [-0.39, 0.29) is 6.10 Å². The van der Waals surface area contributed by atoms with Crippen LogP contribution in [0.4, 0.5) is 0 Å². The number of aliphatic hydroxyl groups is 1. The maximum Gasteiger partial charge on any atom is 0.0916 e. The molecule has 20 heavy (non-hydrogen) atoms. The standard InChI is InChI=1S/C17H20OS2/c1-11-12(2)20-16(10-19-11)17(18)15-8-7-13-5-3-4-6-14(13)9-15/h3-9,11-12,16-18H,10H2,1-2H3. The van der Waals surface area contributed by atoms with Gasteiger partial charge in [0.05, 0.1) is 6.10 Å². The van der Waals surface area contributed by atoms with E-state index >= 15 is 0 Å². The second kappa shape index (κ2) is 6.00. The minimum atomic E-state index is -0.368. The Bertz CT molecular complexity index is 598. The number of fused-ring (bicyclic) bond motifs is 1. The van der Waals surface area contributed by atoms with Crippen LogP contribution in [0.15, 0.2) is 42.5 Å². The van der Waals surface area contributed by atoms with E-state index in [4.69, 9.17) is 0 Å². The van der Waals surface area contributed by atoms with Gasteiger partial charge in [0, 0.05) is 21.5 Å². The zero-order valence-corrected chi connectivity index (χ0v) is 13.5. The van der Waals surface area contributed by atoms with Crippen molar-refractivity contribution in [2.24, 2.45) is 0 Å². The SMILES string of the molecule is CC1SCC(C(O)c2ccc3ccccc3c2)SC1C. The van der Waals surface area contributed by atoms with E-state index < -0.39 is 0 Å². The van der Waals surface area contributed by atoms with Crippen molar-refractivity contribution in [2.75, 3.05) is 5.75 Å². The lowest BCUT2D eigenvalue weighted by Crippen LogP contribution is -2.30. The molecule has 0 bridgehead atoms. The molecule has 1 saturated heterocycles. The Morgan fingerprint density at radius 3 is 2.55 bits per heavy atom. The van der Waals surface area contributed by atoms with Gasteiger partial charge < -0.3 is 5.11 Å². The van der Waals surface area contributed by atoms with Gasteiger partial charge in [0.1, 0.15) is 0 Å². The van der Waals surface area contributed by atoms with E-state index in [1.807, 2.05) is 29.6 Å². The van der Waals surface area contributed by atoms with Crippen LogP contribution in [0.25, 0.3) is 10.8 Å². The first-order chi connectivity index (χ1) is 9.65. The highest BCUT2D eigenvalue weighted by Gasteiger charge is 2.31. The number of aliphatic hydroxyl groups excluding tert-OH is 1. The smallest absolute Gasteiger partial charge is 0.0916 e. The fourth-order valence-electron chi connectivity index (χ4n) is 2.58. The van der Waals surface area contributed by atoms with Crippen LogP contribution in [0, 0.1) is 0 Å². The predicted octanol–water partition coefficient (Wildman–Crippen LogP) is 4.50. The molecule has 2 aromatic carbocycles. The van der Waals surface area contributed by atoms with Crippen LogP contribution in [0.1, 0.15) is 25.5 Å². The van der Waals surface area contributed by atoms with Gasteiger partial charge in [-0.1, -0.05) is 50.2 Å². The lowest BCUT2D eigenvalue weighted by Gasteiger charge is -2.34. The van der Waals surface area contributed by atoms with Gasteiger partial charge >= 0.3 is 0 Å². The molecule has 4 atom stereocenters. The summed E-state index contributed by atoms with van der Waals surface area (Å²) in [6, 6.07) is 14.6. The van der Waals surface area contributed by atoms with Crippen LogP contribution >= 0.6 is 23.5 Å². The fourth-order valence-corrected chi connectivity index (χ4v) is 5.58. The Morgan fingerprint density at radius 1 is 1.05 bits per heavy atom. The van der Waals surface area contributed by atoms with Crippen LogP contribution in [-0.4, -0.2) is 26.6 Å². The first-order valence-electron chi connectivity index (χ1n) is 7.09. The molecule has 4 unspecified atom stereocenters. The van der Waals surface area contributed by atoms with Crippen LogP contribution in [0.5, 0.6) is 0 Å². The van der Waals surface area contributed by atoms with Crippen molar-refractivity contribution >= 4 is 34.3 Å². The Hall–Kier alpha value is -0.640. The number of rotatable bonds is 2. The van der Waals surface area contributed by atoms with Crippen molar-refractivity contribution in [1.29, 1.82) is 0 Å². The van der Waals surface area contributed by atoms with E-state index in [2.05, 4.69) is 50.2 Å². The highest BCUT2D eigenvalue weighted by Crippen LogP contribution is 2.41. The lowest BCUT2D eigenvalue weighted by atomic mass is 10.0.